The Hall–Kier alpha value is -2.28. The molecule has 8 nitrogen and oxygen atoms in total. The van der Waals surface area contributed by atoms with Crippen LogP contribution in [0.5, 0.6) is 0 Å². The third-order valence-corrected chi connectivity index (χ3v) is 16.9. The Morgan fingerprint density at radius 3 is 2.61 bits per heavy atom. The predicted octanol–water partition coefficient (Wildman–Crippen LogP) is 10.3. The van der Waals surface area contributed by atoms with Crippen LogP contribution in [0.25, 0.3) is 21.3 Å². The molecule has 5 heterocycles. The Morgan fingerprint density at radius 2 is 1.92 bits per heavy atom. The number of carbonyl (C=O) groups excluding carboxylic acids is 1. The largest absolute Gasteiger partial charge is 0.444 e. The van der Waals surface area contributed by atoms with E-state index in [2.05, 4.69) is 56.7 Å². The number of nitrogens with zero attached hydrogens (tertiary/aromatic N) is 3. The zero-order valence-corrected chi connectivity index (χ0v) is 34.4. The lowest BCUT2D eigenvalue weighted by atomic mass is 9.91. The summed E-state index contributed by atoms with van der Waals surface area (Å²) >= 11 is 8.25. The van der Waals surface area contributed by atoms with Gasteiger partial charge in [0, 0.05) is 53.8 Å². The molecule has 0 aliphatic carbocycles. The fourth-order valence-corrected chi connectivity index (χ4v) is 9.63. The number of pyridine rings is 1. The number of likely N-dealkylation sites (tertiary alicyclic amines) is 1. The number of hydrogen-bond donors (Lipinski definition) is 0. The van der Waals surface area contributed by atoms with E-state index in [0.29, 0.717) is 41.6 Å². The molecule has 1 unspecified atom stereocenters. The van der Waals surface area contributed by atoms with Crippen LogP contribution < -0.4 is 4.90 Å². The van der Waals surface area contributed by atoms with Gasteiger partial charge in [-0.25, -0.2) is 9.18 Å². The number of halogens is 2. The van der Waals surface area contributed by atoms with Crippen molar-refractivity contribution in [2.24, 2.45) is 0 Å². The van der Waals surface area contributed by atoms with E-state index < -0.39 is 19.5 Å². The molecule has 1 aromatic carbocycles. The molecule has 12 heteroatoms. The minimum Gasteiger partial charge on any atom is -0.444 e. The normalized spacial score (nSPS) is 23.2. The molecule has 1 amide bonds. The third-order valence-electron chi connectivity index (χ3n) is 11.0. The van der Waals surface area contributed by atoms with Crippen molar-refractivity contribution in [3.8, 4) is 11.1 Å². The van der Waals surface area contributed by atoms with Gasteiger partial charge in [0.2, 0.25) is 0 Å². The van der Waals surface area contributed by atoms with Crippen LogP contribution in [0, 0.1) is 5.82 Å². The smallest absolute Gasteiger partial charge is 0.410 e. The maximum atomic E-state index is 16.0. The maximum absolute atomic E-state index is 16.0. The van der Waals surface area contributed by atoms with Gasteiger partial charge >= 0.3 is 6.09 Å². The number of aromatic nitrogens is 1. The van der Waals surface area contributed by atoms with Crippen LogP contribution >= 0.6 is 22.9 Å². The summed E-state index contributed by atoms with van der Waals surface area (Å²) in [5.41, 5.74) is 3.19. The Morgan fingerprint density at radius 1 is 1.16 bits per heavy atom. The molecule has 6 rings (SSSR count). The van der Waals surface area contributed by atoms with Crippen LogP contribution in [0.2, 0.25) is 23.2 Å². The molecule has 3 atom stereocenters. The summed E-state index contributed by atoms with van der Waals surface area (Å²) in [6.45, 7) is 21.3. The van der Waals surface area contributed by atoms with Gasteiger partial charge in [-0.15, -0.1) is 11.3 Å². The molecule has 51 heavy (non-hydrogen) atoms. The number of carbonyl (C=O) groups is 1. The van der Waals surface area contributed by atoms with Gasteiger partial charge in [-0.05, 0) is 108 Å². The van der Waals surface area contributed by atoms with Gasteiger partial charge in [0.15, 0.2) is 20.4 Å². The molecular formula is C39H55ClFN3O5SSi. The summed E-state index contributed by atoms with van der Waals surface area (Å²) in [6, 6.07) is 6.02. The Labute approximate surface area is 313 Å². The van der Waals surface area contributed by atoms with Crippen LogP contribution in [0.4, 0.5) is 14.9 Å². The summed E-state index contributed by atoms with van der Waals surface area (Å²) in [6.07, 6.45) is 6.55. The first-order valence-electron chi connectivity index (χ1n) is 18.4. The lowest BCUT2D eigenvalue weighted by molar-refractivity contribution is -0.177. The SMILES string of the molecule is CC(C)(C)OC(=O)N1C[C@@H](N2CCCc3cc(Cl)cc(-c4ccnc5c(F)c(CO[Si](C)(C)C(C)(C)C)sc45)c32)C[C@]1(C)COC1CCCCO1. The summed E-state index contributed by atoms with van der Waals surface area (Å²) in [5.74, 6) is -0.315. The standard InChI is InChI=1S/C39H55ClFN3O5SSi/c1-37(2,3)49-36(45)44-22-27(21-39(44,7)24-47-31-14-10-11-18-46-31)43-17-12-13-25-19-26(40)20-29(34(25)43)28-15-16-42-33-32(41)30(50-35(28)33)23-48-51(8,9)38(4,5)6/h15-16,19-20,27,31H,10-14,17-18,21-24H2,1-9H3/t27-,31?,39+/m0/s1. The van der Waals surface area contributed by atoms with Crippen molar-refractivity contribution in [1.82, 2.24) is 9.88 Å². The highest BCUT2D eigenvalue weighted by Gasteiger charge is 2.49. The number of anilines is 1. The number of fused-ring (bicyclic) bond motifs is 2. The molecule has 2 aromatic heterocycles. The quantitative estimate of drug-likeness (QED) is 0.212. The fourth-order valence-electron chi connectivity index (χ4n) is 7.27. The summed E-state index contributed by atoms with van der Waals surface area (Å²) in [7, 11) is -2.10. The van der Waals surface area contributed by atoms with Crippen LogP contribution in [-0.4, -0.2) is 74.1 Å². The second-order valence-electron chi connectivity index (χ2n) is 17.2. The lowest BCUT2D eigenvalue weighted by Crippen LogP contribution is -2.50. The van der Waals surface area contributed by atoms with E-state index in [9.17, 15) is 4.79 Å². The highest BCUT2D eigenvalue weighted by molar-refractivity contribution is 7.19. The summed E-state index contributed by atoms with van der Waals surface area (Å²) in [5, 5.41) is 0.652. The number of thiophene rings is 1. The zero-order valence-electron chi connectivity index (χ0n) is 31.8. The number of ether oxygens (including phenoxy) is 3. The van der Waals surface area contributed by atoms with Crippen molar-refractivity contribution in [2.45, 2.75) is 135 Å². The van der Waals surface area contributed by atoms with Crippen molar-refractivity contribution in [3.05, 3.63) is 45.7 Å². The average molecular weight is 760 g/mol. The van der Waals surface area contributed by atoms with Gasteiger partial charge in [-0.2, -0.15) is 0 Å². The molecule has 0 bridgehead atoms. The van der Waals surface area contributed by atoms with Crippen molar-refractivity contribution in [3.63, 3.8) is 0 Å². The molecule has 3 aliphatic heterocycles. The van der Waals surface area contributed by atoms with E-state index in [1.165, 1.54) is 11.3 Å². The average Bonchev–Trinajstić information content (AvgIpc) is 3.58. The van der Waals surface area contributed by atoms with Crippen molar-refractivity contribution in [2.75, 3.05) is 31.2 Å². The van der Waals surface area contributed by atoms with Crippen LogP contribution in [0.15, 0.2) is 24.4 Å². The second kappa shape index (κ2) is 14.5. The first kappa shape index (κ1) is 38.4. The lowest BCUT2D eigenvalue weighted by Gasteiger charge is -2.38. The predicted molar refractivity (Wildman–Crippen MR) is 207 cm³/mol. The minimum atomic E-state index is -2.10. The van der Waals surface area contributed by atoms with Gasteiger partial charge in [-0.3, -0.25) is 9.88 Å². The number of aryl methyl sites for hydroxylation is 1. The molecular weight excluding hydrogens is 705 g/mol. The first-order chi connectivity index (χ1) is 23.9. The van der Waals surface area contributed by atoms with Crippen molar-refractivity contribution >= 4 is 53.3 Å². The molecule has 0 saturated carbocycles. The number of amides is 1. The Balaban J connectivity index is 1.36. The van der Waals surface area contributed by atoms with Crippen LogP contribution in [0.3, 0.4) is 0 Å². The molecule has 3 aliphatic rings. The Bertz CT molecular complexity index is 1750. The minimum absolute atomic E-state index is 0.0108. The topological polar surface area (TPSA) is 73.4 Å². The number of hydrogen-bond acceptors (Lipinski definition) is 8. The molecule has 0 radical (unpaired) electrons. The Kier molecular flexibility index (Phi) is 10.9. The zero-order chi connectivity index (χ0) is 36.9. The third kappa shape index (κ3) is 8.14. The molecule has 3 aromatic rings. The monoisotopic (exact) mass is 759 g/mol. The van der Waals surface area contributed by atoms with E-state index in [-0.39, 0.29) is 35.9 Å². The van der Waals surface area contributed by atoms with Gasteiger partial charge in [-0.1, -0.05) is 32.4 Å². The summed E-state index contributed by atoms with van der Waals surface area (Å²) < 4.78 is 41.5. The molecule has 2 fully saturated rings. The molecule has 0 N–H and O–H groups in total. The van der Waals surface area contributed by atoms with E-state index in [0.717, 1.165) is 65.7 Å². The molecule has 280 valence electrons. The van der Waals surface area contributed by atoms with Gasteiger partial charge in [0.1, 0.15) is 11.1 Å². The highest BCUT2D eigenvalue weighted by Crippen LogP contribution is 2.47. The number of benzene rings is 1. The van der Waals surface area contributed by atoms with E-state index >= 15 is 4.39 Å². The van der Waals surface area contributed by atoms with Crippen molar-refractivity contribution < 1.29 is 27.8 Å². The summed E-state index contributed by atoms with van der Waals surface area (Å²) in [4.78, 5) is 23.2. The number of rotatable bonds is 8. The van der Waals surface area contributed by atoms with E-state index in [4.69, 9.17) is 30.2 Å². The first-order valence-corrected chi connectivity index (χ1v) is 22.5. The van der Waals surface area contributed by atoms with E-state index in [1.807, 2.05) is 37.8 Å². The van der Waals surface area contributed by atoms with Crippen LogP contribution in [-0.2, 0) is 31.7 Å². The van der Waals surface area contributed by atoms with Gasteiger partial charge < -0.3 is 23.5 Å². The maximum Gasteiger partial charge on any atom is 0.410 e. The fraction of sp³-hybridized carbons (Fsp3) is 0.641. The molecule has 0 spiro atoms. The molecule has 2 saturated heterocycles. The van der Waals surface area contributed by atoms with Gasteiger partial charge in [0.25, 0.3) is 0 Å². The second-order valence-corrected chi connectivity index (χ2v) is 23.6. The van der Waals surface area contributed by atoms with Crippen molar-refractivity contribution in [1.29, 1.82) is 0 Å². The van der Waals surface area contributed by atoms with Gasteiger partial charge in [0.05, 0.1) is 28.3 Å². The van der Waals surface area contributed by atoms with Crippen LogP contribution in [0.1, 0.15) is 91.0 Å². The van der Waals surface area contributed by atoms with E-state index in [1.54, 1.807) is 6.20 Å². The highest BCUT2D eigenvalue weighted by atomic mass is 35.5.